The summed E-state index contributed by atoms with van der Waals surface area (Å²) in [5, 5.41) is 19.6. The van der Waals surface area contributed by atoms with Crippen molar-refractivity contribution in [3.63, 3.8) is 0 Å². The van der Waals surface area contributed by atoms with Crippen molar-refractivity contribution >= 4 is 17.4 Å². The van der Waals surface area contributed by atoms with Gasteiger partial charge in [0.1, 0.15) is 0 Å². The lowest BCUT2D eigenvalue weighted by atomic mass is 9.45. The molecule has 4 aliphatic carbocycles. The second-order valence-corrected chi connectivity index (χ2v) is 17.6. The van der Waals surface area contributed by atoms with Crippen LogP contribution in [-0.4, -0.2) is 46.2 Å². The summed E-state index contributed by atoms with van der Waals surface area (Å²) >= 11 is 0. The molecule has 1 aromatic carbocycles. The summed E-state index contributed by atoms with van der Waals surface area (Å²) in [5.74, 6) is 3.17. The molecule has 1 heterocycles. The van der Waals surface area contributed by atoms with Crippen LogP contribution in [0.15, 0.2) is 42.5 Å². The average molecular weight is 644 g/mol. The van der Waals surface area contributed by atoms with Crippen molar-refractivity contribution in [1.29, 1.82) is 0 Å². The summed E-state index contributed by atoms with van der Waals surface area (Å²) < 4.78 is 0. The molecule has 1 amide bonds. The highest BCUT2D eigenvalue weighted by atomic mass is 16.4. The van der Waals surface area contributed by atoms with Gasteiger partial charge < -0.3 is 15.1 Å². The van der Waals surface area contributed by atoms with E-state index in [9.17, 15) is 19.8 Å². The van der Waals surface area contributed by atoms with Gasteiger partial charge in [0, 0.05) is 6.54 Å². The molecule has 5 aliphatic rings. The van der Waals surface area contributed by atoms with Gasteiger partial charge in [-0.15, -0.1) is 0 Å². The second-order valence-electron chi connectivity index (χ2n) is 17.6. The van der Waals surface area contributed by atoms with E-state index in [4.69, 9.17) is 0 Å². The number of benzene rings is 1. The van der Waals surface area contributed by atoms with E-state index >= 15 is 0 Å². The van der Waals surface area contributed by atoms with Gasteiger partial charge >= 0.3 is 5.97 Å². The molecular formula is C42H61NO4. The second kappa shape index (κ2) is 12.8. The lowest BCUT2D eigenvalue weighted by molar-refractivity contribution is -0.153. The van der Waals surface area contributed by atoms with Crippen molar-refractivity contribution in [2.24, 2.45) is 57.7 Å². The number of likely N-dealkylation sites (tertiary alicyclic amines) is 1. The maximum absolute atomic E-state index is 14.6. The molecule has 10 unspecified atom stereocenters. The fraction of sp³-hybridized carbons (Fsp3) is 0.714. The van der Waals surface area contributed by atoms with Gasteiger partial charge in [-0.25, -0.2) is 4.79 Å². The van der Waals surface area contributed by atoms with Crippen LogP contribution in [0.1, 0.15) is 128 Å². The van der Waals surface area contributed by atoms with E-state index in [2.05, 4.69) is 59.1 Å². The van der Waals surface area contributed by atoms with Gasteiger partial charge in [-0.05, 0) is 147 Å². The fourth-order valence-electron chi connectivity index (χ4n) is 12.5. The zero-order chi connectivity index (χ0) is 33.9. The number of aliphatic hydroxyl groups is 1. The van der Waals surface area contributed by atoms with Crippen LogP contribution in [0.2, 0.25) is 0 Å². The molecule has 4 fully saturated rings. The highest BCUT2D eigenvalue weighted by molar-refractivity contribution is 5.88. The van der Waals surface area contributed by atoms with E-state index in [0.29, 0.717) is 52.9 Å². The number of allylic oxidation sites excluding steroid dienone is 3. The van der Waals surface area contributed by atoms with Gasteiger partial charge in [0.2, 0.25) is 5.91 Å². The van der Waals surface area contributed by atoms with E-state index in [1.165, 1.54) is 36.8 Å². The largest absolute Gasteiger partial charge is 0.478 e. The van der Waals surface area contributed by atoms with E-state index in [-0.39, 0.29) is 28.9 Å². The van der Waals surface area contributed by atoms with Crippen LogP contribution in [0.5, 0.6) is 0 Å². The van der Waals surface area contributed by atoms with Gasteiger partial charge in [0.25, 0.3) is 0 Å². The molecule has 10 atom stereocenters. The number of fused-ring (bicyclic) bond motifs is 2. The van der Waals surface area contributed by atoms with Gasteiger partial charge in [0.15, 0.2) is 0 Å². The number of aliphatic hydroxyl groups excluding tert-OH is 1. The normalized spacial score (nSPS) is 39.6. The third-order valence-electron chi connectivity index (χ3n) is 14.9. The first-order valence-electron chi connectivity index (χ1n) is 18.9. The van der Waals surface area contributed by atoms with Crippen molar-refractivity contribution in [2.75, 3.05) is 13.2 Å². The number of carbonyl (C=O) groups is 2. The molecule has 5 nitrogen and oxygen atoms in total. The Hall–Kier alpha value is -2.40. The average Bonchev–Trinajstić information content (AvgIpc) is 3.67. The minimum atomic E-state index is -0.878. The first kappa shape index (κ1) is 34.5. The zero-order valence-electron chi connectivity index (χ0n) is 30.1. The number of carboxylic acids is 1. The molecule has 0 spiro atoms. The van der Waals surface area contributed by atoms with E-state index in [1.807, 2.05) is 12.1 Å². The molecule has 2 N–H and O–H groups in total. The van der Waals surface area contributed by atoms with Crippen LogP contribution < -0.4 is 0 Å². The number of carboxylic acid groups (broad SMARTS) is 1. The minimum absolute atomic E-state index is 0.00862. The summed E-state index contributed by atoms with van der Waals surface area (Å²) in [4.78, 5) is 28.2. The van der Waals surface area contributed by atoms with Crippen LogP contribution >= 0.6 is 0 Å². The zero-order valence-corrected chi connectivity index (χ0v) is 30.1. The number of rotatable bonds is 8. The van der Waals surface area contributed by atoms with Gasteiger partial charge in [-0.2, -0.15) is 0 Å². The summed E-state index contributed by atoms with van der Waals surface area (Å²) in [6.45, 7) is 20.0. The van der Waals surface area contributed by atoms with Crippen LogP contribution in [-0.2, 0) is 4.79 Å². The number of amides is 1. The van der Waals surface area contributed by atoms with Gasteiger partial charge in [-0.3, -0.25) is 4.79 Å². The predicted molar refractivity (Wildman–Crippen MR) is 190 cm³/mol. The fourth-order valence-corrected chi connectivity index (χ4v) is 12.5. The van der Waals surface area contributed by atoms with Crippen molar-refractivity contribution < 1.29 is 19.8 Å². The number of carbonyl (C=O) groups excluding carboxylic acids is 1. The summed E-state index contributed by atoms with van der Waals surface area (Å²) in [5.41, 5.74) is 4.01. The Morgan fingerprint density at radius 2 is 1.66 bits per heavy atom. The third kappa shape index (κ3) is 5.65. The molecule has 47 heavy (non-hydrogen) atoms. The molecule has 0 aromatic heterocycles. The Kier molecular flexibility index (Phi) is 9.39. The third-order valence-corrected chi connectivity index (χ3v) is 14.9. The summed E-state index contributed by atoms with van der Waals surface area (Å²) in [6.07, 6.45) is 14.5. The Balaban J connectivity index is 1.28. The van der Waals surface area contributed by atoms with E-state index < -0.39 is 5.97 Å². The standard InChI is InChI=1S/C42H61NO4/c1-26(2)32-19-23-42(39(47)43-24-8-9-31(43)25-44)22-18-27(3)33(37(32)42)15-16-34-28(4)10-17-36-40(5,6)35(20-21-41(34,36)7)29-11-13-30(14-12-29)38(45)46/h11-14,20,27-28,31-34,36-37,44H,1,8-10,15-19,21-25H2,2-7H3,(H,45,46). The maximum Gasteiger partial charge on any atom is 0.335 e. The van der Waals surface area contributed by atoms with Crippen LogP contribution in [0.25, 0.3) is 5.57 Å². The summed E-state index contributed by atoms with van der Waals surface area (Å²) in [7, 11) is 0. The number of nitrogens with zero attached hydrogens (tertiary/aromatic N) is 1. The molecular weight excluding hydrogens is 582 g/mol. The molecule has 1 saturated heterocycles. The van der Waals surface area contributed by atoms with Gasteiger partial charge in [-0.1, -0.05) is 71.4 Å². The Labute approximate surface area is 284 Å². The quantitative estimate of drug-likeness (QED) is 0.277. The van der Waals surface area contributed by atoms with Crippen molar-refractivity contribution in [3.05, 3.63) is 53.6 Å². The van der Waals surface area contributed by atoms with Gasteiger partial charge in [0.05, 0.1) is 23.6 Å². The van der Waals surface area contributed by atoms with Crippen LogP contribution in [0.3, 0.4) is 0 Å². The smallest absolute Gasteiger partial charge is 0.335 e. The maximum atomic E-state index is 14.6. The minimum Gasteiger partial charge on any atom is -0.478 e. The number of aromatic carboxylic acids is 1. The van der Waals surface area contributed by atoms with E-state index in [1.54, 1.807) is 12.1 Å². The Bertz CT molecular complexity index is 1390. The lowest BCUT2D eigenvalue weighted by Gasteiger charge is -2.59. The highest BCUT2D eigenvalue weighted by Crippen LogP contribution is 2.66. The Morgan fingerprint density at radius 3 is 2.32 bits per heavy atom. The molecule has 1 aromatic rings. The number of hydrogen-bond acceptors (Lipinski definition) is 3. The van der Waals surface area contributed by atoms with Crippen LogP contribution in [0.4, 0.5) is 0 Å². The summed E-state index contributed by atoms with van der Waals surface area (Å²) in [6, 6.07) is 7.50. The molecule has 6 rings (SSSR count). The van der Waals surface area contributed by atoms with Crippen molar-refractivity contribution in [3.8, 4) is 0 Å². The van der Waals surface area contributed by atoms with E-state index in [0.717, 1.165) is 57.1 Å². The van der Waals surface area contributed by atoms with Crippen molar-refractivity contribution in [1.82, 2.24) is 4.90 Å². The molecule has 0 bridgehead atoms. The molecule has 3 saturated carbocycles. The highest BCUT2D eigenvalue weighted by Gasteiger charge is 2.61. The Morgan fingerprint density at radius 1 is 0.957 bits per heavy atom. The molecule has 1 aliphatic heterocycles. The van der Waals surface area contributed by atoms with Crippen molar-refractivity contribution in [2.45, 2.75) is 118 Å². The molecule has 258 valence electrons. The lowest BCUT2D eigenvalue weighted by Crippen LogP contribution is -2.54. The topological polar surface area (TPSA) is 77.8 Å². The number of hydrogen-bond donors (Lipinski definition) is 2. The monoisotopic (exact) mass is 643 g/mol. The predicted octanol–water partition coefficient (Wildman–Crippen LogP) is 9.27. The SMILES string of the molecule is C=C(C)C1CCC2(C(=O)N3CCCC3CO)CCC(C)C(CCC3C(C)CCC4C(C)(C)C(c5ccc(C(=O)O)cc5)=CCC34C)C12. The molecule has 5 heteroatoms. The van der Waals surface area contributed by atoms with Crippen LogP contribution in [0, 0.1) is 57.7 Å². The first-order valence-corrected chi connectivity index (χ1v) is 18.9. The first-order chi connectivity index (χ1) is 22.3. The molecule has 0 radical (unpaired) electrons.